The fourth-order valence-corrected chi connectivity index (χ4v) is 5.32. The molecule has 0 radical (unpaired) electrons. The van der Waals surface area contributed by atoms with Gasteiger partial charge in [-0.2, -0.15) is 0 Å². The number of aryl methyl sites for hydroxylation is 1. The Morgan fingerprint density at radius 3 is 2.80 bits per heavy atom. The highest BCUT2D eigenvalue weighted by molar-refractivity contribution is 8.14. The van der Waals surface area contributed by atoms with E-state index in [-0.39, 0.29) is 11.8 Å². The summed E-state index contributed by atoms with van der Waals surface area (Å²) in [6, 6.07) is 1.54. The second-order valence-electron chi connectivity index (χ2n) is 3.33. The van der Waals surface area contributed by atoms with Crippen molar-refractivity contribution in [3.8, 4) is 0 Å². The molecule has 0 fully saturated rings. The summed E-state index contributed by atoms with van der Waals surface area (Å²) in [5.74, 6) is 0. The molecule has 2 heterocycles. The highest BCUT2D eigenvalue weighted by atomic mass is 32.3. The molecule has 7 heteroatoms. The SMILES string of the molecule is Cc1cc(=O)c2c(s1)SC(S(N)(=O)=O)C2. The van der Waals surface area contributed by atoms with Crippen LogP contribution in [0.4, 0.5) is 0 Å². The molecule has 2 rings (SSSR count). The lowest BCUT2D eigenvalue weighted by molar-refractivity contribution is 0.594. The summed E-state index contributed by atoms with van der Waals surface area (Å²) in [6.45, 7) is 1.83. The molecule has 0 bridgehead atoms. The number of hydrogen-bond acceptors (Lipinski definition) is 5. The van der Waals surface area contributed by atoms with Crippen molar-refractivity contribution in [2.45, 2.75) is 22.1 Å². The molecule has 0 aliphatic carbocycles. The van der Waals surface area contributed by atoms with E-state index in [1.165, 1.54) is 29.2 Å². The monoisotopic (exact) mass is 263 g/mol. The van der Waals surface area contributed by atoms with Crippen molar-refractivity contribution in [2.75, 3.05) is 0 Å². The van der Waals surface area contributed by atoms with Crippen LogP contribution >= 0.6 is 23.1 Å². The Morgan fingerprint density at radius 1 is 1.53 bits per heavy atom. The van der Waals surface area contributed by atoms with E-state index in [4.69, 9.17) is 5.14 Å². The molecular weight excluding hydrogens is 254 g/mol. The Hall–Kier alpha value is -0.370. The maximum absolute atomic E-state index is 11.6. The van der Waals surface area contributed by atoms with Gasteiger partial charge in [-0.05, 0) is 13.0 Å². The standard InChI is InChI=1S/C8H9NO3S3/c1-4-2-6(10)5-3-7(15(9,11)12)14-8(5)13-4/h2,7H,3H2,1H3,(H2,9,11,12). The van der Waals surface area contributed by atoms with E-state index in [1.54, 1.807) is 0 Å². The van der Waals surface area contributed by atoms with Crippen molar-refractivity contribution >= 4 is 33.1 Å². The van der Waals surface area contributed by atoms with Crippen molar-refractivity contribution in [1.82, 2.24) is 0 Å². The number of hydrogen-bond donors (Lipinski definition) is 1. The van der Waals surface area contributed by atoms with Crippen LogP contribution in [0.5, 0.6) is 0 Å². The molecule has 2 N–H and O–H groups in total. The lowest BCUT2D eigenvalue weighted by Gasteiger charge is -2.02. The summed E-state index contributed by atoms with van der Waals surface area (Å²) in [6.07, 6.45) is 0.231. The third kappa shape index (κ3) is 2.10. The number of nitrogens with two attached hydrogens (primary N) is 1. The Morgan fingerprint density at radius 2 is 2.20 bits per heavy atom. The van der Waals surface area contributed by atoms with Crippen molar-refractivity contribution in [1.29, 1.82) is 0 Å². The molecule has 1 aliphatic rings. The Bertz CT molecular complexity index is 561. The van der Waals surface area contributed by atoms with Gasteiger partial charge in [-0.1, -0.05) is 11.8 Å². The highest BCUT2D eigenvalue weighted by Crippen LogP contribution is 2.40. The van der Waals surface area contributed by atoms with E-state index in [2.05, 4.69) is 0 Å². The van der Waals surface area contributed by atoms with Crippen LogP contribution in [-0.4, -0.2) is 13.0 Å². The van der Waals surface area contributed by atoms with E-state index < -0.39 is 14.6 Å². The number of thioether (sulfide) groups is 1. The molecule has 0 aromatic carbocycles. The summed E-state index contributed by atoms with van der Waals surface area (Å²) in [5.41, 5.74) is 0.509. The van der Waals surface area contributed by atoms with Crippen LogP contribution in [0, 0.1) is 6.92 Å². The maximum atomic E-state index is 11.6. The van der Waals surface area contributed by atoms with Gasteiger partial charge < -0.3 is 0 Å². The summed E-state index contributed by atoms with van der Waals surface area (Å²) in [7, 11) is -3.57. The molecule has 82 valence electrons. The molecule has 15 heavy (non-hydrogen) atoms. The normalized spacial score (nSPS) is 20.3. The van der Waals surface area contributed by atoms with Gasteiger partial charge in [-0.3, -0.25) is 4.79 Å². The molecule has 0 saturated heterocycles. The third-order valence-electron chi connectivity index (χ3n) is 2.11. The molecule has 1 aromatic heterocycles. The van der Waals surface area contributed by atoms with E-state index in [0.29, 0.717) is 5.56 Å². The van der Waals surface area contributed by atoms with Crippen LogP contribution in [0.2, 0.25) is 0 Å². The average Bonchev–Trinajstić information content (AvgIpc) is 2.46. The zero-order valence-corrected chi connectivity index (χ0v) is 10.3. The number of sulfonamides is 1. The van der Waals surface area contributed by atoms with Crippen LogP contribution in [-0.2, 0) is 16.4 Å². The summed E-state index contributed by atoms with van der Waals surface area (Å²) in [4.78, 5) is 12.5. The zero-order chi connectivity index (χ0) is 11.2. The van der Waals surface area contributed by atoms with Gasteiger partial charge in [0.05, 0.1) is 4.21 Å². The van der Waals surface area contributed by atoms with Crippen molar-refractivity contribution in [3.05, 3.63) is 26.7 Å². The summed E-state index contributed by atoms with van der Waals surface area (Å²) < 4.78 is 22.4. The largest absolute Gasteiger partial charge is 0.290 e. The molecule has 0 spiro atoms. The fraction of sp³-hybridized carbons (Fsp3) is 0.375. The van der Waals surface area contributed by atoms with Gasteiger partial charge >= 0.3 is 0 Å². The zero-order valence-electron chi connectivity index (χ0n) is 7.89. The van der Waals surface area contributed by atoms with Gasteiger partial charge in [0.15, 0.2) is 5.43 Å². The lowest BCUT2D eigenvalue weighted by Crippen LogP contribution is -2.25. The van der Waals surface area contributed by atoms with Crippen LogP contribution in [0.25, 0.3) is 0 Å². The van der Waals surface area contributed by atoms with Gasteiger partial charge in [0.2, 0.25) is 10.0 Å². The molecular formula is C8H9NO3S3. The molecule has 1 aliphatic heterocycles. The topological polar surface area (TPSA) is 77.2 Å². The average molecular weight is 263 g/mol. The van der Waals surface area contributed by atoms with Gasteiger partial charge in [-0.15, -0.1) is 11.3 Å². The fourth-order valence-electron chi connectivity index (χ4n) is 1.40. The number of fused-ring (bicyclic) bond motifs is 1. The molecule has 1 aromatic rings. The van der Waals surface area contributed by atoms with Crippen LogP contribution in [0.3, 0.4) is 0 Å². The van der Waals surface area contributed by atoms with Crippen molar-refractivity contribution < 1.29 is 8.42 Å². The second kappa shape index (κ2) is 3.58. The quantitative estimate of drug-likeness (QED) is 0.808. The summed E-state index contributed by atoms with van der Waals surface area (Å²) in [5, 5.41) is 5.06. The minimum Gasteiger partial charge on any atom is -0.290 e. The third-order valence-corrected chi connectivity index (χ3v) is 6.40. The Labute approximate surface area is 95.6 Å². The number of primary sulfonamides is 1. The molecule has 0 saturated carbocycles. The predicted octanol–water partition coefficient (Wildman–Crippen LogP) is 0.680. The molecule has 0 amide bonds. The first kappa shape index (κ1) is 11.1. The van der Waals surface area contributed by atoms with E-state index in [0.717, 1.165) is 9.09 Å². The summed E-state index contributed by atoms with van der Waals surface area (Å²) >= 11 is 2.62. The van der Waals surface area contributed by atoms with Crippen molar-refractivity contribution in [2.24, 2.45) is 5.14 Å². The van der Waals surface area contributed by atoms with Crippen LogP contribution in [0.15, 0.2) is 15.1 Å². The van der Waals surface area contributed by atoms with Gasteiger partial charge in [-0.25, -0.2) is 13.6 Å². The lowest BCUT2D eigenvalue weighted by atomic mass is 10.2. The molecule has 1 atom stereocenters. The van der Waals surface area contributed by atoms with Crippen LogP contribution < -0.4 is 10.6 Å². The Balaban J connectivity index is 2.48. The van der Waals surface area contributed by atoms with E-state index in [1.807, 2.05) is 6.92 Å². The van der Waals surface area contributed by atoms with E-state index in [9.17, 15) is 13.2 Å². The minimum atomic E-state index is -3.57. The van der Waals surface area contributed by atoms with E-state index >= 15 is 0 Å². The first-order valence-corrected chi connectivity index (χ1v) is 7.50. The van der Waals surface area contributed by atoms with Gasteiger partial charge in [0.25, 0.3) is 0 Å². The highest BCUT2D eigenvalue weighted by Gasteiger charge is 2.32. The Kier molecular flexibility index (Phi) is 2.66. The second-order valence-corrected chi connectivity index (χ2v) is 8.10. The first-order valence-electron chi connectivity index (χ1n) is 4.20. The molecule has 1 unspecified atom stereocenters. The minimum absolute atomic E-state index is 0.0834. The smallest absolute Gasteiger partial charge is 0.222 e. The first-order chi connectivity index (χ1) is 6.88. The number of rotatable bonds is 1. The van der Waals surface area contributed by atoms with Gasteiger partial charge in [0, 0.05) is 16.9 Å². The van der Waals surface area contributed by atoms with Gasteiger partial charge in [0.1, 0.15) is 4.58 Å². The molecule has 4 nitrogen and oxygen atoms in total. The van der Waals surface area contributed by atoms with Crippen LogP contribution in [0.1, 0.15) is 10.4 Å². The maximum Gasteiger partial charge on any atom is 0.222 e. The predicted molar refractivity (Wildman–Crippen MR) is 61.8 cm³/mol. The van der Waals surface area contributed by atoms with Crippen molar-refractivity contribution in [3.63, 3.8) is 0 Å².